The Kier molecular flexibility index (Phi) is 7.67. The topological polar surface area (TPSA) is 70.1 Å². The molecule has 0 fully saturated rings. The number of para-hydroxylation sites is 5. The van der Waals surface area contributed by atoms with Crippen molar-refractivity contribution in [3.05, 3.63) is 164 Å². The fourth-order valence-corrected chi connectivity index (χ4v) is 9.01. The number of ether oxygens (including phenoxy) is 1. The molecule has 7 nitrogen and oxygen atoms in total. The molecule has 0 amide bonds. The highest BCUT2D eigenvalue weighted by Crippen LogP contribution is 2.36. The van der Waals surface area contributed by atoms with E-state index in [2.05, 4.69) is 139 Å². The second kappa shape index (κ2) is 12.9. The van der Waals surface area contributed by atoms with Crippen LogP contribution in [0.15, 0.2) is 164 Å². The van der Waals surface area contributed by atoms with Crippen molar-refractivity contribution >= 4 is 51.9 Å². The largest absolute Gasteiger partial charge is 0.457 e. The van der Waals surface area contributed by atoms with Gasteiger partial charge in [-0.25, -0.2) is 15.0 Å². The number of pyridine rings is 1. The van der Waals surface area contributed by atoms with Gasteiger partial charge in [0.2, 0.25) is 0 Å². The lowest BCUT2D eigenvalue weighted by atomic mass is 10.0. The zero-order valence-electron chi connectivity index (χ0n) is 30.7. The Morgan fingerprint density at radius 2 is 1.29 bits per heavy atom. The highest BCUT2D eigenvalue weighted by atomic mass is 28.3. The summed E-state index contributed by atoms with van der Waals surface area (Å²) in [7, 11) is -1.83. The molecule has 264 valence electrons. The van der Waals surface area contributed by atoms with E-state index in [0.717, 1.165) is 89.6 Å². The van der Waals surface area contributed by atoms with Crippen LogP contribution in [-0.4, -0.2) is 37.0 Å². The van der Waals surface area contributed by atoms with Gasteiger partial charge in [0, 0.05) is 22.1 Å². The van der Waals surface area contributed by atoms with Crippen molar-refractivity contribution in [2.75, 3.05) is 0 Å². The van der Waals surface area contributed by atoms with Crippen LogP contribution in [-0.2, 0) is 0 Å². The Labute approximate surface area is 319 Å². The highest BCUT2D eigenvalue weighted by molar-refractivity contribution is 6.89. The number of rotatable bonds is 7. The molecule has 4 heterocycles. The molecule has 0 aliphatic rings. The Hall–Kier alpha value is -6.90. The van der Waals surface area contributed by atoms with Crippen molar-refractivity contribution in [2.24, 2.45) is 0 Å². The fourth-order valence-electron chi connectivity index (χ4n) is 7.56. The number of hydrogen-bond acceptors (Lipinski definition) is 5. The van der Waals surface area contributed by atoms with Crippen LogP contribution in [0.25, 0.3) is 78.1 Å². The van der Waals surface area contributed by atoms with Crippen LogP contribution in [0.1, 0.15) is 0 Å². The number of hydrogen-bond donors (Lipinski definition) is 0. The Bertz CT molecular complexity index is 3070. The Balaban J connectivity index is 1.07. The van der Waals surface area contributed by atoms with Crippen molar-refractivity contribution in [3.63, 3.8) is 0 Å². The third kappa shape index (κ3) is 5.75. The molecule has 0 atom stereocenters. The minimum Gasteiger partial charge on any atom is -0.457 e. The van der Waals surface area contributed by atoms with Crippen LogP contribution in [0.3, 0.4) is 0 Å². The Morgan fingerprint density at radius 1 is 0.564 bits per heavy atom. The molecule has 0 unspecified atom stereocenters. The average molecular weight is 729 g/mol. The summed E-state index contributed by atoms with van der Waals surface area (Å²) in [4.78, 5) is 19.7. The minimum atomic E-state index is -1.83. The highest BCUT2D eigenvalue weighted by Gasteiger charge is 2.24. The molecule has 10 rings (SSSR count). The maximum absolute atomic E-state index is 6.91. The van der Waals surface area contributed by atoms with E-state index in [-0.39, 0.29) is 0 Å². The zero-order chi connectivity index (χ0) is 37.1. The van der Waals surface area contributed by atoms with Crippen LogP contribution in [0, 0.1) is 0 Å². The number of fused-ring (bicyclic) bond motifs is 6. The van der Waals surface area contributed by atoms with E-state index in [9.17, 15) is 0 Å². The average Bonchev–Trinajstić information content (AvgIpc) is 3.80. The fraction of sp³-hybridized carbons (Fsp3) is 0.0638. The van der Waals surface area contributed by atoms with Gasteiger partial charge in [-0.2, -0.15) is 0 Å². The van der Waals surface area contributed by atoms with Gasteiger partial charge in [0.25, 0.3) is 0 Å². The smallest absolute Gasteiger partial charge is 0.148 e. The molecule has 0 radical (unpaired) electrons. The van der Waals surface area contributed by atoms with Gasteiger partial charge in [-0.3, -0.25) is 14.0 Å². The van der Waals surface area contributed by atoms with Gasteiger partial charge in [0.1, 0.15) is 29.3 Å². The summed E-state index contributed by atoms with van der Waals surface area (Å²) >= 11 is 0. The molecule has 0 aliphatic heterocycles. The molecule has 6 aromatic carbocycles. The van der Waals surface area contributed by atoms with Crippen LogP contribution in [0.5, 0.6) is 11.5 Å². The molecule has 0 saturated heterocycles. The molecular weight excluding hydrogens is 693 g/mol. The molecular formula is C47H36N6OSi. The second-order valence-corrected chi connectivity index (χ2v) is 19.9. The maximum atomic E-state index is 6.91. The van der Waals surface area contributed by atoms with Crippen molar-refractivity contribution < 1.29 is 4.74 Å². The summed E-state index contributed by atoms with van der Waals surface area (Å²) < 4.78 is 11.2. The van der Waals surface area contributed by atoms with Crippen molar-refractivity contribution in [3.8, 4) is 51.0 Å². The molecule has 0 bridgehead atoms. The van der Waals surface area contributed by atoms with Crippen LogP contribution in [0.2, 0.25) is 19.6 Å². The van der Waals surface area contributed by atoms with Crippen molar-refractivity contribution in [1.82, 2.24) is 28.9 Å². The van der Waals surface area contributed by atoms with Gasteiger partial charge < -0.3 is 4.74 Å². The van der Waals surface area contributed by atoms with Crippen LogP contribution in [0.4, 0.5) is 0 Å². The van der Waals surface area contributed by atoms with E-state index in [0.29, 0.717) is 0 Å². The van der Waals surface area contributed by atoms with Gasteiger partial charge >= 0.3 is 0 Å². The standard InChI is InChI=1S/C47H36N6OSi/c1-55(2,3)45-25-24-32(39-28-36-40(29-48-39)49-30-52-42-22-11-8-19-37(42)51-47(36)52)27-44(45)54-34-17-13-16-33(26-34)46-50-38-20-9-12-23-43(38)53(46)41-21-10-7-18-35(41)31-14-5-4-6-15-31/h4-30H,1-3H3. The summed E-state index contributed by atoms with van der Waals surface area (Å²) in [5, 5.41) is 2.18. The summed E-state index contributed by atoms with van der Waals surface area (Å²) in [5.74, 6) is 2.42. The van der Waals surface area contributed by atoms with E-state index in [1.54, 1.807) is 0 Å². The van der Waals surface area contributed by atoms with E-state index in [1.807, 2.05) is 53.3 Å². The predicted octanol–water partition coefficient (Wildman–Crippen LogP) is 11.1. The Morgan fingerprint density at radius 3 is 2.13 bits per heavy atom. The quantitative estimate of drug-likeness (QED) is 0.153. The molecule has 55 heavy (non-hydrogen) atoms. The number of nitrogens with zero attached hydrogens (tertiary/aromatic N) is 6. The molecule has 0 spiro atoms. The lowest BCUT2D eigenvalue weighted by molar-refractivity contribution is 0.486. The summed E-state index contributed by atoms with van der Waals surface area (Å²) in [6.07, 6.45) is 3.66. The van der Waals surface area contributed by atoms with E-state index in [1.165, 1.54) is 5.19 Å². The van der Waals surface area contributed by atoms with Gasteiger partial charge in [-0.1, -0.05) is 117 Å². The van der Waals surface area contributed by atoms with Crippen molar-refractivity contribution in [2.45, 2.75) is 19.6 Å². The minimum absolute atomic E-state index is 0.741. The van der Waals surface area contributed by atoms with Crippen LogP contribution >= 0.6 is 0 Å². The van der Waals surface area contributed by atoms with Gasteiger partial charge in [-0.15, -0.1) is 0 Å². The first-order valence-corrected chi connectivity index (χ1v) is 22.0. The number of aromatic nitrogens is 6. The SMILES string of the molecule is C[Si](C)(C)c1ccc(-c2cc3c(cn2)ncn2c4ccccc4nc32)cc1Oc1cccc(-c2nc3ccccc3n2-c2ccccc2-c2ccccc2)c1. The first kappa shape index (κ1) is 32.7. The molecule has 0 aliphatic carbocycles. The molecule has 0 saturated carbocycles. The van der Waals surface area contributed by atoms with E-state index >= 15 is 0 Å². The lowest BCUT2D eigenvalue weighted by Gasteiger charge is -2.22. The zero-order valence-corrected chi connectivity index (χ0v) is 31.7. The molecule has 4 aromatic heterocycles. The lowest BCUT2D eigenvalue weighted by Crippen LogP contribution is -2.38. The summed E-state index contributed by atoms with van der Waals surface area (Å²) in [6, 6.07) is 52.4. The third-order valence-corrected chi connectivity index (χ3v) is 12.3. The van der Waals surface area contributed by atoms with Crippen molar-refractivity contribution in [1.29, 1.82) is 0 Å². The molecule has 0 N–H and O–H groups in total. The summed E-state index contributed by atoms with van der Waals surface area (Å²) in [5.41, 5.74) is 11.7. The molecule has 10 aromatic rings. The van der Waals surface area contributed by atoms with Crippen LogP contribution < -0.4 is 9.92 Å². The van der Waals surface area contributed by atoms with Gasteiger partial charge in [0.05, 0.1) is 53.2 Å². The molecule has 8 heteroatoms. The van der Waals surface area contributed by atoms with Gasteiger partial charge in [-0.05, 0) is 65.3 Å². The third-order valence-electron chi connectivity index (χ3n) is 10.2. The number of benzene rings is 6. The first-order valence-electron chi connectivity index (χ1n) is 18.5. The van der Waals surface area contributed by atoms with E-state index in [4.69, 9.17) is 24.7 Å². The normalized spacial score (nSPS) is 11.9. The second-order valence-electron chi connectivity index (χ2n) is 14.9. The van der Waals surface area contributed by atoms with Gasteiger partial charge in [0.15, 0.2) is 0 Å². The first-order chi connectivity index (χ1) is 26.9. The maximum Gasteiger partial charge on any atom is 0.148 e. The summed E-state index contributed by atoms with van der Waals surface area (Å²) in [6.45, 7) is 7.03. The van der Waals surface area contributed by atoms with E-state index < -0.39 is 8.07 Å². The predicted molar refractivity (Wildman–Crippen MR) is 226 cm³/mol. The monoisotopic (exact) mass is 728 g/mol. The number of imidazole rings is 2.